The lowest BCUT2D eigenvalue weighted by Crippen LogP contribution is -1.88. The summed E-state index contributed by atoms with van der Waals surface area (Å²) < 4.78 is 7.19. The lowest BCUT2D eigenvalue weighted by Gasteiger charge is -2.13. The maximum Gasteiger partial charge on any atom is 0.0717 e. The van der Waals surface area contributed by atoms with Crippen LogP contribution in [-0.4, -0.2) is 12.5 Å². The van der Waals surface area contributed by atoms with Crippen LogP contribution in [0.15, 0.2) is 81.2 Å². The zero-order valence-corrected chi connectivity index (χ0v) is 23.1. The Morgan fingerprint density at radius 1 is 0.688 bits per heavy atom. The molecular weight excluding hydrogens is 525 g/mol. The highest BCUT2D eigenvalue weighted by molar-refractivity contribution is 8.43. The van der Waals surface area contributed by atoms with Gasteiger partial charge in [-0.1, -0.05) is 102 Å². The Kier molecular flexibility index (Phi) is 6.43. The first kappa shape index (κ1) is 22.1. The zero-order chi connectivity index (χ0) is 21.7. The number of hydrogen-bond donors (Lipinski definition) is 0. The first-order valence-electron chi connectivity index (χ1n) is 10.0. The Bertz CT molecular complexity index is 1410. The average molecular weight is 543 g/mol. The summed E-state index contributed by atoms with van der Waals surface area (Å²) in [6.45, 7) is 0. The van der Waals surface area contributed by atoms with E-state index >= 15 is 0 Å². The highest BCUT2D eigenvalue weighted by Crippen LogP contribution is 2.62. The summed E-state index contributed by atoms with van der Waals surface area (Å²) >= 11 is 13.4. The smallest absolute Gasteiger partial charge is 0.0717 e. The Hall–Kier alpha value is -0.410. The van der Waals surface area contributed by atoms with Crippen molar-refractivity contribution in [1.82, 2.24) is 0 Å². The highest BCUT2D eigenvalue weighted by Gasteiger charge is 2.26. The highest BCUT2D eigenvalue weighted by atomic mass is 32.3. The van der Waals surface area contributed by atoms with E-state index in [1.54, 1.807) is 0 Å². The predicted molar refractivity (Wildman–Crippen MR) is 161 cm³/mol. The minimum absolute atomic E-state index is 1.00. The molecule has 0 aliphatic carbocycles. The van der Waals surface area contributed by atoms with E-state index in [0.29, 0.717) is 0 Å². The van der Waals surface area contributed by atoms with E-state index in [1.807, 2.05) is 82.3 Å². The van der Waals surface area contributed by atoms with Gasteiger partial charge in [0.15, 0.2) is 0 Å². The third kappa shape index (κ3) is 3.92. The van der Waals surface area contributed by atoms with Crippen molar-refractivity contribution in [3.05, 3.63) is 86.8 Å². The Morgan fingerprint density at radius 3 is 2.06 bits per heavy atom. The van der Waals surface area contributed by atoms with E-state index in [1.165, 1.54) is 59.1 Å². The van der Waals surface area contributed by atoms with Crippen LogP contribution >= 0.6 is 82.3 Å². The zero-order valence-electron chi connectivity index (χ0n) is 17.3. The predicted octanol–water partition coefficient (Wildman–Crippen LogP) is 10.6. The molecule has 32 heavy (non-hydrogen) atoms. The molecular formula is C25H18S7. The van der Waals surface area contributed by atoms with Gasteiger partial charge in [0.05, 0.1) is 21.2 Å². The molecule has 0 saturated carbocycles. The maximum absolute atomic E-state index is 2.34. The first-order chi connectivity index (χ1) is 15.7. The second kappa shape index (κ2) is 9.33. The second-order valence-corrected chi connectivity index (χ2v) is 15.2. The summed E-state index contributed by atoms with van der Waals surface area (Å²) in [5.74, 6) is 1.00. The molecule has 0 unspecified atom stereocenters. The van der Waals surface area contributed by atoms with E-state index in [2.05, 4.69) is 72.5 Å². The van der Waals surface area contributed by atoms with Crippen molar-refractivity contribution in [3.63, 3.8) is 0 Å². The third-order valence-corrected chi connectivity index (χ3v) is 15.0. The van der Waals surface area contributed by atoms with Crippen LogP contribution < -0.4 is 0 Å². The molecule has 160 valence electrons. The van der Waals surface area contributed by atoms with E-state index in [-0.39, 0.29) is 0 Å². The molecule has 0 nitrogen and oxygen atoms in total. The summed E-state index contributed by atoms with van der Waals surface area (Å²) in [6.07, 6.45) is 4.36. The quantitative estimate of drug-likeness (QED) is 0.227. The van der Waals surface area contributed by atoms with E-state index in [9.17, 15) is 0 Å². The topological polar surface area (TPSA) is 0 Å². The summed E-state index contributed by atoms with van der Waals surface area (Å²) in [5.41, 5.74) is 1.42. The van der Waals surface area contributed by atoms with Crippen LogP contribution in [0.4, 0.5) is 0 Å². The van der Waals surface area contributed by atoms with Gasteiger partial charge >= 0.3 is 0 Å². The molecule has 4 aromatic carbocycles. The molecule has 0 aromatic heterocycles. The van der Waals surface area contributed by atoms with Crippen molar-refractivity contribution in [2.45, 2.75) is 5.75 Å². The van der Waals surface area contributed by atoms with Crippen molar-refractivity contribution < 1.29 is 0 Å². The normalized spacial score (nSPS) is 17.0. The molecule has 0 saturated heterocycles. The molecule has 0 fully saturated rings. The molecule has 2 aliphatic heterocycles. The molecule has 0 N–H and O–H groups in total. The molecule has 0 spiro atoms. The van der Waals surface area contributed by atoms with Crippen LogP contribution in [0.25, 0.3) is 32.3 Å². The molecule has 0 atom stereocenters. The van der Waals surface area contributed by atoms with Gasteiger partial charge in [-0.15, -0.1) is 35.3 Å². The standard InChI is InChI=1S/C25H18S7/c1-26-22-23(27-2)32-25(31-22)24-29-13-19(30-24)28-12-17-9-8-16-7-6-14-4-3-5-15-10-11-18(17)21(16)20(14)15/h3-11,13H,12H2,1-2H3. The van der Waals surface area contributed by atoms with Gasteiger partial charge in [0.2, 0.25) is 0 Å². The largest absolute Gasteiger partial charge is 0.121 e. The summed E-state index contributed by atoms with van der Waals surface area (Å²) in [5, 5.41) is 10.6. The van der Waals surface area contributed by atoms with Gasteiger partial charge in [0.1, 0.15) is 0 Å². The SMILES string of the molecule is CSC1=C(SC)SC(=C2SC=C(SCc3ccc4ccc5cccc6ccc3c4c56)S2)S1. The minimum atomic E-state index is 1.00. The molecule has 4 aromatic rings. The van der Waals surface area contributed by atoms with Crippen LogP contribution in [0.3, 0.4) is 0 Å². The number of rotatable bonds is 5. The second-order valence-electron chi connectivity index (χ2n) is 7.29. The Labute approximate surface area is 218 Å². The Morgan fingerprint density at radius 2 is 1.34 bits per heavy atom. The van der Waals surface area contributed by atoms with Crippen molar-refractivity contribution >= 4 is 115 Å². The molecule has 2 heterocycles. The molecule has 0 bridgehead atoms. The monoisotopic (exact) mass is 542 g/mol. The van der Waals surface area contributed by atoms with Gasteiger partial charge in [0, 0.05) is 5.75 Å². The lowest BCUT2D eigenvalue weighted by atomic mass is 9.92. The maximum atomic E-state index is 2.34. The summed E-state index contributed by atoms with van der Waals surface area (Å²) in [7, 11) is 0. The van der Waals surface area contributed by atoms with Gasteiger partial charge in [-0.2, -0.15) is 0 Å². The van der Waals surface area contributed by atoms with Gasteiger partial charge in [-0.05, 0) is 55.8 Å². The fraction of sp³-hybridized carbons (Fsp3) is 0.120. The van der Waals surface area contributed by atoms with Crippen LogP contribution in [0, 0.1) is 0 Å². The first-order valence-corrected chi connectivity index (χ1v) is 16.8. The van der Waals surface area contributed by atoms with E-state index < -0.39 is 0 Å². The fourth-order valence-corrected chi connectivity index (χ4v) is 13.1. The number of thioether (sulfide) groups is 7. The van der Waals surface area contributed by atoms with Crippen LogP contribution in [-0.2, 0) is 5.75 Å². The van der Waals surface area contributed by atoms with Gasteiger partial charge in [-0.25, -0.2) is 0 Å². The number of hydrogen-bond acceptors (Lipinski definition) is 7. The van der Waals surface area contributed by atoms with E-state index in [4.69, 9.17) is 0 Å². The van der Waals surface area contributed by atoms with Crippen molar-refractivity contribution in [3.8, 4) is 0 Å². The van der Waals surface area contributed by atoms with Crippen LogP contribution in [0.1, 0.15) is 5.56 Å². The molecule has 7 heteroatoms. The fourth-order valence-electron chi connectivity index (χ4n) is 4.07. The molecule has 2 aliphatic rings. The third-order valence-electron chi connectivity index (χ3n) is 5.52. The van der Waals surface area contributed by atoms with Crippen molar-refractivity contribution in [2.75, 3.05) is 12.5 Å². The molecule has 6 rings (SSSR count). The Balaban J connectivity index is 1.24. The van der Waals surface area contributed by atoms with E-state index in [0.717, 1.165) is 5.75 Å². The summed E-state index contributed by atoms with van der Waals surface area (Å²) in [6, 6.07) is 20.4. The lowest BCUT2D eigenvalue weighted by molar-refractivity contribution is 1.48. The van der Waals surface area contributed by atoms with Crippen LogP contribution in [0.5, 0.6) is 0 Å². The molecule has 0 radical (unpaired) electrons. The number of benzene rings is 4. The van der Waals surface area contributed by atoms with Crippen molar-refractivity contribution in [1.29, 1.82) is 0 Å². The van der Waals surface area contributed by atoms with Gasteiger partial charge in [-0.3, -0.25) is 0 Å². The van der Waals surface area contributed by atoms with Gasteiger partial charge in [0.25, 0.3) is 0 Å². The summed E-state index contributed by atoms with van der Waals surface area (Å²) in [4.78, 5) is 0. The minimum Gasteiger partial charge on any atom is -0.121 e. The van der Waals surface area contributed by atoms with Crippen LogP contribution in [0.2, 0.25) is 0 Å². The molecule has 0 amide bonds. The van der Waals surface area contributed by atoms with Crippen molar-refractivity contribution in [2.24, 2.45) is 0 Å². The van der Waals surface area contributed by atoms with Gasteiger partial charge < -0.3 is 0 Å². The average Bonchev–Trinajstić information content (AvgIpc) is 3.48.